The largest absolute Gasteiger partial charge is 0.348 e. The minimum atomic E-state index is 0. The predicted molar refractivity (Wildman–Crippen MR) is 64.5 cm³/mol. The van der Waals surface area contributed by atoms with E-state index < -0.39 is 0 Å². The molecule has 1 rings (SSSR count). The SMILES string of the molecule is CN(C)C(=O)CN[C@H]1CCCCNC1.Cl. The van der Waals surface area contributed by atoms with Gasteiger partial charge in [0.2, 0.25) is 5.91 Å². The van der Waals surface area contributed by atoms with Gasteiger partial charge in [-0.05, 0) is 19.4 Å². The van der Waals surface area contributed by atoms with Crippen molar-refractivity contribution in [3.8, 4) is 0 Å². The molecule has 15 heavy (non-hydrogen) atoms. The number of amides is 1. The second kappa shape index (κ2) is 7.91. The lowest BCUT2D eigenvalue weighted by Gasteiger charge is -2.17. The minimum Gasteiger partial charge on any atom is -0.348 e. The van der Waals surface area contributed by atoms with Gasteiger partial charge in [0.15, 0.2) is 0 Å². The topological polar surface area (TPSA) is 44.4 Å². The van der Waals surface area contributed by atoms with Crippen molar-refractivity contribution in [2.45, 2.75) is 25.3 Å². The van der Waals surface area contributed by atoms with Crippen LogP contribution in [0.25, 0.3) is 0 Å². The van der Waals surface area contributed by atoms with Crippen LogP contribution in [0.5, 0.6) is 0 Å². The van der Waals surface area contributed by atoms with Gasteiger partial charge in [0.1, 0.15) is 0 Å². The molecule has 0 saturated carbocycles. The Kier molecular flexibility index (Phi) is 7.74. The summed E-state index contributed by atoms with van der Waals surface area (Å²) in [6, 6.07) is 0.460. The maximum absolute atomic E-state index is 11.3. The van der Waals surface area contributed by atoms with E-state index >= 15 is 0 Å². The summed E-state index contributed by atoms with van der Waals surface area (Å²) in [5, 5.41) is 6.65. The van der Waals surface area contributed by atoms with Crippen molar-refractivity contribution in [3.63, 3.8) is 0 Å². The lowest BCUT2D eigenvalue weighted by atomic mass is 10.1. The fourth-order valence-corrected chi connectivity index (χ4v) is 1.58. The van der Waals surface area contributed by atoms with Crippen LogP contribution in [0.4, 0.5) is 0 Å². The highest BCUT2D eigenvalue weighted by Gasteiger charge is 2.12. The third-order valence-corrected chi connectivity index (χ3v) is 2.59. The first-order valence-corrected chi connectivity index (χ1v) is 5.34. The van der Waals surface area contributed by atoms with Crippen LogP contribution in [-0.4, -0.2) is 50.6 Å². The molecule has 0 bridgehead atoms. The average Bonchev–Trinajstić information content (AvgIpc) is 2.42. The van der Waals surface area contributed by atoms with Gasteiger partial charge in [0.05, 0.1) is 6.54 Å². The number of nitrogens with zero attached hydrogens (tertiary/aromatic N) is 1. The van der Waals surface area contributed by atoms with Crippen LogP contribution in [0.1, 0.15) is 19.3 Å². The molecule has 0 spiro atoms. The molecule has 0 aliphatic carbocycles. The molecule has 0 unspecified atom stereocenters. The van der Waals surface area contributed by atoms with Crippen molar-refractivity contribution in [2.24, 2.45) is 0 Å². The third-order valence-electron chi connectivity index (χ3n) is 2.59. The van der Waals surface area contributed by atoms with Gasteiger partial charge >= 0.3 is 0 Å². The van der Waals surface area contributed by atoms with Crippen LogP contribution in [-0.2, 0) is 4.79 Å². The van der Waals surface area contributed by atoms with Gasteiger partial charge in [0.25, 0.3) is 0 Å². The van der Waals surface area contributed by atoms with E-state index in [0.29, 0.717) is 12.6 Å². The van der Waals surface area contributed by atoms with Crippen molar-refractivity contribution in [3.05, 3.63) is 0 Å². The van der Waals surface area contributed by atoms with E-state index in [9.17, 15) is 4.79 Å². The Morgan fingerprint density at radius 3 is 2.87 bits per heavy atom. The summed E-state index contributed by atoms with van der Waals surface area (Å²) in [4.78, 5) is 12.9. The van der Waals surface area contributed by atoms with E-state index in [-0.39, 0.29) is 18.3 Å². The summed E-state index contributed by atoms with van der Waals surface area (Å²) >= 11 is 0. The zero-order valence-electron chi connectivity index (χ0n) is 9.58. The van der Waals surface area contributed by atoms with Crippen LogP contribution in [0.3, 0.4) is 0 Å². The molecule has 1 saturated heterocycles. The van der Waals surface area contributed by atoms with Crippen LogP contribution in [0.2, 0.25) is 0 Å². The van der Waals surface area contributed by atoms with Crippen molar-refractivity contribution in [1.29, 1.82) is 0 Å². The zero-order chi connectivity index (χ0) is 10.4. The first-order valence-electron chi connectivity index (χ1n) is 5.34. The predicted octanol–water partition coefficient (Wildman–Crippen LogP) is 0.228. The second-order valence-corrected chi connectivity index (χ2v) is 4.07. The van der Waals surface area contributed by atoms with Crippen LogP contribution >= 0.6 is 12.4 Å². The lowest BCUT2D eigenvalue weighted by Crippen LogP contribution is -2.42. The fraction of sp³-hybridized carbons (Fsp3) is 0.900. The molecule has 5 heteroatoms. The summed E-state index contributed by atoms with van der Waals surface area (Å²) in [6.07, 6.45) is 3.67. The normalized spacial score (nSPS) is 21.3. The van der Waals surface area contributed by atoms with Crippen molar-refractivity contribution in [1.82, 2.24) is 15.5 Å². The van der Waals surface area contributed by atoms with E-state index in [1.54, 1.807) is 19.0 Å². The summed E-state index contributed by atoms with van der Waals surface area (Å²) in [7, 11) is 3.57. The van der Waals surface area contributed by atoms with E-state index in [2.05, 4.69) is 10.6 Å². The van der Waals surface area contributed by atoms with Crippen LogP contribution < -0.4 is 10.6 Å². The Labute approximate surface area is 98.2 Å². The lowest BCUT2D eigenvalue weighted by molar-refractivity contribution is -0.127. The molecule has 0 aromatic heterocycles. The number of likely N-dealkylation sites (N-methyl/N-ethyl adjacent to an activating group) is 1. The molecule has 1 fully saturated rings. The molecule has 0 aromatic rings. The molecule has 1 aliphatic rings. The quantitative estimate of drug-likeness (QED) is 0.736. The number of rotatable bonds is 3. The van der Waals surface area contributed by atoms with E-state index in [1.165, 1.54) is 19.3 Å². The molecule has 1 heterocycles. The number of hydrogen-bond donors (Lipinski definition) is 2. The molecular weight excluding hydrogens is 214 g/mol. The molecule has 0 aromatic carbocycles. The van der Waals surface area contributed by atoms with Gasteiger partial charge in [0, 0.05) is 26.7 Å². The maximum Gasteiger partial charge on any atom is 0.236 e. The van der Waals surface area contributed by atoms with Crippen LogP contribution in [0, 0.1) is 0 Å². The average molecular weight is 236 g/mol. The first-order chi connectivity index (χ1) is 6.70. The van der Waals surface area contributed by atoms with Crippen molar-refractivity contribution < 1.29 is 4.79 Å². The highest BCUT2D eigenvalue weighted by Crippen LogP contribution is 2.03. The van der Waals surface area contributed by atoms with E-state index in [0.717, 1.165) is 13.1 Å². The van der Waals surface area contributed by atoms with Gasteiger partial charge in [-0.1, -0.05) is 6.42 Å². The highest BCUT2D eigenvalue weighted by molar-refractivity contribution is 5.85. The maximum atomic E-state index is 11.3. The summed E-state index contributed by atoms with van der Waals surface area (Å²) in [5.74, 6) is 0.147. The Morgan fingerprint density at radius 1 is 1.47 bits per heavy atom. The molecular formula is C10H22ClN3O. The zero-order valence-corrected chi connectivity index (χ0v) is 10.4. The minimum absolute atomic E-state index is 0. The fourth-order valence-electron chi connectivity index (χ4n) is 1.58. The smallest absolute Gasteiger partial charge is 0.236 e. The molecule has 1 amide bonds. The Bertz CT molecular complexity index is 180. The molecule has 90 valence electrons. The van der Waals surface area contributed by atoms with Crippen LogP contribution in [0.15, 0.2) is 0 Å². The molecule has 1 atom stereocenters. The Balaban J connectivity index is 0.00000196. The molecule has 4 nitrogen and oxygen atoms in total. The number of hydrogen-bond acceptors (Lipinski definition) is 3. The second-order valence-electron chi connectivity index (χ2n) is 4.07. The molecule has 2 N–H and O–H groups in total. The number of carbonyl (C=O) groups excluding carboxylic acids is 1. The monoisotopic (exact) mass is 235 g/mol. The van der Waals surface area contributed by atoms with Gasteiger partial charge in [-0.3, -0.25) is 4.79 Å². The van der Waals surface area contributed by atoms with Gasteiger partial charge in [-0.2, -0.15) is 0 Å². The molecule has 0 radical (unpaired) electrons. The third kappa shape index (κ3) is 5.97. The van der Waals surface area contributed by atoms with Gasteiger partial charge in [-0.25, -0.2) is 0 Å². The summed E-state index contributed by atoms with van der Waals surface area (Å²) in [6.45, 7) is 2.56. The Hall–Kier alpha value is -0.320. The van der Waals surface area contributed by atoms with E-state index in [4.69, 9.17) is 0 Å². The molecule has 1 aliphatic heterocycles. The van der Waals surface area contributed by atoms with Crippen molar-refractivity contribution >= 4 is 18.3 Å². The van der Waals surface area contributed by atoms with Gasteiger partial charge < -0.3 is 15.5 Å². The standard InChI is InChI=1S/C10H21N3O.ClH/c1-13(2)10(14)8-12-9-5-3-4-6-11-7-9;/h9,11-12H,3-8H2,1-2H3;1H/t9-;/m0./s1. The highest BCUT2D eigenvalue weighted by atomic mass is 35.5. The van der Waals surface area contributed by atoms with Gasteiger partial charge in [-0.15, -0.1) is 12.4 Å². The van der Waals surface area contributed by atoms with E-state index in [1.807, 2.05) is 0 Å². The van der Waals surface area contributed by atoms with Crippen molar-refractivity contribution in [2.75, 3.05) is 33.7 Å². The summed E-state index contributed by atoms with van der Waals surface area (Å²) in [5.41, 5.74) is 0. The number of nitrogens with one attached hydrogen (secondary N) is 2. The summed E-state index contributed by atoms with van der Waals surface area (Å²) < 4.78 is 0. The first kappa shape index (κ1) is 14.7. The number of carbonyl (C=O) groups is 1. The Morgan fingerprint density at radius 2 is 2.20 bits per heavy atom. The number of halogens is 1.